The van der Waals surface area contributed by atoms with E-state index in [0.717, 1.165) is 22.2 Å². The monoisotopic (exact) mass is 553 g/mol. The Bertz CT molecular complexity index is 1670. The third-order valence-corrected chi connectivity index (χ3v) is 7.69. The SMILES string of the molecule is O=C(O)C(Cc1ccc(OCCn2c(=O)sc3cc(Cc4ccc(-c5ccccc5)cc4)ccc32)cc1)C(=O)O. The molecule has 40 heavy (non-hydrogen) atoms. The van der Waals surface area contributed by atoms with Gasteiger partial charge in [0.1, 0.15) is 12.4 Å². The maximum atomic E-state index is 12.7. The highest BCUT2D eigenvalue weighted by atomic mass is 32.1. The number of carboxylic acids is 2. The molecule has 0 amide bonds. The van der Waals surface area contributed by atoms with Crippen LogP contribution in [0.25, 0.3) is 21.3 Å². The third-order valence-electron chi connectivity index (χ3n) is 6.74. The van der Waals surface area contributed by atoms with Crippen molar-refractivity contribution in [1.82, 2.24) is 4.57 Å². The highest BCUT2D eigenvalue weighted by Gasteiger charge is 2.25. The summed E-state index contributed by atoms with van der Waals surface area (Å²) in [4.78, 5) is 34.9. The van der Waals surface area contributed by atoms with E-state index in [-0.39, 0.29) is 17.9 Å². The van der Waals surface area contributed by atoms with E-state index in [2.05, 4.69) is 48.5 Å². The summed E-state index contributed by atoms with van der Waals surface area (Å²) in [5.41, 5.74) is 6.16. The lowest BCUT2D eigenvalue weighted by Crippen LogP contribution is -2.25. The number of aliphatic carboxylic acids is 2. The molecule has 0 fully saturated rings. The number of nitrogens with zero attached hydrogens (tertiary/aromatic N) is 1. The van der Waals surface area contributed by atoms with Crippen LogP contribution in [0.5, 0.6) is 5.75 Å². The summed E-state index contributed by atoms with van der Waals surface area (Å²) in [5, 5.41) is 18.1. The lowest BCUT2D eigenvalue weighted by molar-refractivity contribution is -0.154. The Morgan fingerprint density at radius 1 is 0.775 bits per heavy atom. The quantitative estimate of drug-likeness (QED) is 0.203. The van der Waals surface area contributed by atoms with Crippen LogP contribution in [-0.2, 0) is 29.0 Å². The molecule has 0 unspecified atom stereocenters. The van der Waals surface area contributed by atoms with E-state index in [1.807, 2.05) is 24.3 Å². The highest BCUT2D eigenvalue weighted by Crippen LogP contribution is 2.24. The van der Waals surface area contributed by atoms with Crippen molar-refractivity contribution in [2.24, 2.45) is 5.92 Å². The van der Waals surface area contributed by atoms with Gasteiger partial charge in [-0.3, -0.25) is 19.0 Å². The average Bonchev–Trinajstić information content (AvgIpc) is 3.27. The Labute approximate surface area is 234 Å². The van der Waals surface area contributed by atoms with E-state index in [1.54, 1.807) is 28.8 Å². The molecular formula is C32H27NO6S. The van der Waals surface area contributed by atoms with E-state index in [1.165, 1.54) is 28.0 Å². The molecule has 0 bridgehead atoms. The topological polar surface area (TPSA) is 106 Å². The van der Waals surface area contributed by atoms with Crippen molar-refractivity contribution in [2.75, 3.05) is 6.61 Å². The van der Waals surface area contributed by atoms with E-state index < -0.39 is 17.9 Å². The maximum absolute atomic E-state index is 12.7. The maximum Gasteiger partial charge on any atom is 0.318 e. The summed E-state index contributed by atoms with van der Waals surface area (Å²) in [7, 11) is 0. The zero-order chi connectivity index (χ0) is 28.1. The fraction of sp³-hybridized carbons (Fsp3) is 0.156. The van der Waals surface area contributed by atoms with Gasteiger partial charge in [-0.1, -0.05) is 84.1 Å². The summed E-state index contributed by atoms with van der Waals surface area (Å²) < 4.78 is 8.43. The number of thiazole rings is 1. The standard InChI is InChI=1S/C32H27NO6S/c34-30(35)27(31(36)37)19-22-8-13-26(14-9-22)39-17-16-33-28-15-10-23(20-29(28)40-32(33)38)18-21-6-11-25(12-7-21)24-4-2-1-3-5-24/h1-15,20,27H,16-19H2,(H,34,35)(H,36,37). The van der Waals surface area contributed by atoms with Gasteiger partial charge in [-0.25, -0.2) is 0 Å². The Morgan fingerprint density at radius 2 is 1.40 bits per heavy atom. The van der Waals surface area contributed by atoms with Crippen LogP contribution in [0, 0.1) is 5.92 Å². The van der Waals surface area contributed by atoms with E-state index in [4.69, 9.17) is 14.9 Å². The lowest BCUT2D eigenvalue weighted by Gasteiger charge is -2.10. The fourth-order valence-electron chi connectivity index (χ4n) is 4.61. The van der Waals surface area contributed by atoms with E-state index >= 15 is 0 Å². The van der Waals surface area contributed by atoms with Crippen molar-refractivity contribution in [1.29, 1.82) is 0 Å². The summed E-state index contributed by atoms with van der Waals surface area (Å²) >= 11 is 1.22. The number of aromatic nitrogens is 1. The molecule has 0 atom stereocenters. The number of fused-ring (bicyclic) bond motifs is 1. The molecule has 0 saturated carbocycles. The molecular weight excluding hydrogens is 526 g/mol. The van der Waals surface area contributed by atoms with Gasteiger partial charge in [0.2, 0.25) is 0 Å². The van der Waals surface area contributed by atoms with Gasteiger partial charge in [0, 0.05) is 0 Å². The second kappa shape index (κ2) is 12.0. The predicted octanol–water partition coefficient (Wildman–Crippen LogP) is 5.73. The van der Waals surface area contributed by atoms with Crippen LogP contribution in [0.1, 0.15) is 16.7 Å². The zero-order valence-corrected chi connectivity index (χ0v) is 22.3. The molecule has 1 aromatic heterocycles. The molecule has 202 valence electrons. The second-order valence-corrected chi connectivity index (χ2v) is 10.5. The van der Waals surface area contributed by atoms with Crippen LogP contribution in [0.4, 0.5) is 0 Å². The second-order valence-electron chi connectivity index (χ2n) is 9.49. The number of ether oxygens (including phenoxy) is 1. The first-order valence-corrected chi connectivity index (χ1v) is 13.6. The van der Waals surface area contributed by atoms with E-state index in [9.17, 15) is 14.4 Å². The molecule has 1 heterocycles. The minimum Gasteiger partial charge on any atom is -0.492 e. The van der Waals surface area contributed by atoms with Gasteiger partial charge in [-0.05, 0) is 64.9 Å². The Balaban J connectivity index is 1.20. The van der Waals surface area contributed by atoms with E-state index in [0.29, 0.717) is 17.9 Å². The molecule has 5 aromatic rings. The molecule has 0 aliphatic rings. The number of benzene rings is 4. The van der Waals surface area contributed by atoms with Crippen molar-refractivity contribution in [2.45, 2.75) is 19.4 Å². The van der Waals surface area contributed by atoms with Gasteiger partial charge in [-0.2, -0.15) is 0 Å². The van der Waals surface area contributed by atoms with Crippen molar-refractivity contribution in [3.63, 3.8) is 0 Å². The smallest absolute Gasteiger partial charge is 0.318 e. The van der Waals surface area contributed by atoms with Crippen molar-refractivity contribution < 1.29 is 24.5 Å². The summed E-state index contributed by atoms with van der Waals surface area (Å²) in [5.74, 6) is -3.68. The molecule has 0 aliphatic carbocycles. The molecule has 0 spiro atoms. The Morgan fingerprint density at radius 3 is 2.08 bits per heavy atom. The fourth-order valence-corrected chi connectivity index (χ4v) is 5.59. The van der Waals surface area contributed by atoms with Crippen LogP contribution in [-0.4, -0.2) is 33.3 Å². The van der Waals surface area contributed by atoms with Gasteiger partial charge in [0.25, 0.3) is 0 Å². The number of hydrogen-bond acceptors (Lipinski definition) is 5. The summed E-state index contributed by atoms with van der Waals surface area (Å²) in [6, 6.07) is 31.6. The highest BCUT2D eigenvalue weighted by molar-refractivity contribution is 7.16. The number of carboxylic acid groups (broad SMARTS) is 2. The molecule has 0 radical (unpaired) electrons. The van der Waals surface area contributed by atoms with Gasteiger partial charge >= 0.3 is 16.8 Å². The van der Waals surface area contributed by atoms with Crippen LogP contribution in [0.2, 0.25) is 0 Å². The molecule has 0 saturated heterocycles. The normalized spacial score (nSPS) is 11.1. The molecule has 8 heteroatoms. The van der Waals surface area contributed by atoms with Crippen molar-refractivity contribution in [3.05, 3.63) is 123 Å². The van der Waals surface area contributed by atoms with Gasteiger partial charge < -0.3 is 14.9 Å². The Hall–Kier alpha value is -4.69. The average molecular weight is 554 g/mol. The minimum absolute atomic E-state index is 0.0494. The van der Waals surface area contributed by atoms with Crippen LogP contribution >= 0.6 is 11.3 Å². The van der Waals surface area contributed by atoms with Crippen LogP contribution in [0.15, 0.2) is 102 Å². The molecule has 7 nitrogen and oxygen atoms in total. The van der Waals surface area contributed by atoms with Crippen LogP contribution in [0.3, 0.4) is 0 Å². The van der Waals surface area contributed by atoms with Gasteiger partial charge in [0.05, 0.1) is 16.8 Å². The van der Waals surface area contributed by atoms with Crippen molar-refractivity contribution >= 4 is 33.5 Å². The number of hydrogen-bond donors (Lipinski definition) is 2. The first kappa shape index (κ1) is 26.9. The molecule has 4 aromatic carbocycles. The largest absolute Gasteiger partial charge is 0.492 e. The number of rotatable bonds is 11. The van der Waals surface area contributed by atoms with Crippen LogP contribution < -0.4 is 9.61 Å². The van der Waals surface area contributed by atoms with Gasteiger partial charge in [-0.15, -0.1) is 0 Å². The molecule has 5 rings (SSSR count). The minimum atomic E-state index is -1.49. The van der Waals surface area contributed by atoms with Crippen molar-refractivity contribution in [3.8, 4) is 16.9 Å². The first-order chi connectivity index (χ1) is 19.4. The number of carbonyl (C=O) groups is 2. The predicted molar refractivity (Wildman–Crippen MR) is 155 cm³/mol. The lowest BCUT2D eigenvalue weighted by atomic mass is 10.00. The summed E-state index contributed by atoms with van der Waals surface area (Å²) in [6.45, 7) is 0.647. The summed E-state index contributed by atoms with van der Waals surface area (Å²) in [6.07, 6.45) is 0.665. The molecule has 2 N–H and O–H groups in total. The zero-order valence-electron chi connectivity index (χ0n) is 21.5. The molecule has 0 aliphatic heterocycles. The third kappa shape index (κ3) is 6.30. The van der Waals surface area contributed by atoms with Gasteiger partial charge in [0.15, 0.2) is 5.92 Å². The Kier molecular flexibility index (Phi) is 8.07. The first-order valence-electron chi connectivity index (χ1n) is 12.8.